The zero-order valence-electron chi connectivity index (χ0n) is 11.8. The van der Waals surface area contributed by atoms with Crippen molar-refractivity contribution >= 4 is 17.5 Å². The maximum absolute atomic E-state index is 12.3. The van der Waals surface area contributed by atoms with Crippen molar-refractivity contribution in [2.24, 2.45) is 5.41 Å². The van der Waals surface area contributed by atoms with Crippen LogP contribution in [-0.4, -0.2) is 30.4 Å². The second-order valence-corrected chi connectivity index (χ2v) is 5.72. The number of amides is 1. The topological polar surface area (TPSA) is 51.2 Å². The molecular weight excluding hydrogens is 276 g/mol. The summed E-state index contributed by atoms with van der Waals surface area (Å²) in [7, 11) is 1.54. The van der Waals surface area contributed by atoms with Gasteiger partial charge in [-0.15, -0.1) is 11.6 Å². The van der Waals surface area contributed by atoms with Crippen LogP contribution in [0.15, 0.2) is 18.5 Å². The number of pyridine rings is 1. The molecule has 0 unspecified atom stereocenters. The molecule has 1 heterocycles. The molecule has 1 aromatic heterocycles. The van der Waals surface area contributed by atoms with Crippen molar-refractivity contribution in [3.63, 3.8) is 0 Å². The number of hydrogen-bond acceptors (Lipinski definition) is 3. The lowest BCUT2D eigenvalue weighted by Crippen LogP contribution is -2.40. The zero-order chi connectivity index (χ0) is 14.4. The average Bonchev–Trinajstić information content (AvgIpc) is 2.53. The third-order valence-electron chi connectivity index (χ3n) is 4.07. The van der Waals surface area contributed by atoms with Crippen LogP contribution in [0.2, 0.25) is 0 Å². The van der Waals surface area contributed by atoms with Crippen molar-refractivity contribution < 1.29 is 9.53 Å². The Balaban J connectivity index is 2.00. The van der Waals surface area contributed by atoms with E-state index < -0.39 is 0 Å². The van der Waals surface area contributed by atoms with Crippen LogP contribution >= 0.6 is 11.6 Å². The van der Waals surface area contributed by atoms with Gasteiger partial charge in [-0.1, -0.05) is 19.3 Å². The molecule has 0 spiro atoms. The minimum atomic E-state index is -0.126. The Morgan fingerprint density at radius 2 is 2.20 bits per heavy atom. The average molecular weight is 297 g/mol. The largest absolute Gasteiger partial charge is 0.494 e. The number of nitrogens with zero attached hydrogens (tertiary/aromatic N) is 1. The normalized spacial score (nSPS) is 17.5. The van der Waals surface area contributed by atoms with Gasteiger partial charge in [0.05, 0.1) is 18.9 Å². The van der Waals surface area contributed by atoms with Crippen molar-refractivity contribution in [1.82, 2.24) is 10.3 Å². The summed E-state index contributed by atoms with van der Waals surface area (Å²) in [6, 6.07) is 1.67. The van der Waals surface area contributed by atoms with Gasteiger partial charge in [-0.25, -0.2) is 0 Å². The molecule has 0 saturated heterocycles. The molecule has 1 aliphatic carbocycles. The first-order valence-corrected chi connectivity index (χ1v) is 7.56. The lowest BCUT2D eigenvalue weighted by Gasteiger charge is -2.35. The first-order chi connectivity index (χ1) is 9.71. The number of carbonyl (C=O) groups excluding carboxylic acids is 1. The Bertz CT molecular complexity index is 459. The molecule has 1 aromatic rings. The SMILES string of the molecule is COc1cnccc1C(=O)NCC1(CCl)CCCCC1. The van der Waals surface area contributed by atoms with Gasteiger partial charge in [0.15, 0.2) is 0 Å². The molecule has 2 rings (SSSR count). The molecule has 1 aliphatic rings. The van der Waals surface area contributed by atoms with Gasteiger partial charge in [0.25, 0.3) is 5.91 Å². The summed E-state index contributed by atoms with van der Waals surface area (Å²) < 4.78 is 5.16. The van der Waals surface area contributed by atoms with Crippen molar-refractivity contribution in [3.8, 4) is 5.75 Å². The van der Waals surface area contributed by atoms with E-state index >= 15 is 0 Å². The van der Waals surface area contributed by atoms with Crippen molar-refractivity contribution in [1.29, 1.82) is 0 Å². The Hall–Kier alpha value is -1.29. The van der Waals surface area contributed by atoms with E-state index in [9.17, 15) is 4.79 Å². The third-order valence-corrected chi connectivity index (χ3v) is 4.64. The molecule has 20 heavy (non-hydrogen) atoms. The van der Waals surface area contributed by atoms with E-state index in [4.69, 9.17) is 16.3 Å². The smallest absolute Gasteiger partial charge is 0.255 e. The molecule has 0 aliphatic heterocycles. The fraction of sp³-hybridized carbons (Fsp3) is 0.600. The van der Waals surface area contributed by atoms with Crippen LogP contribution in [0.1, 0.15) is 42.5 Å². The fourth-order valence-electron chi connectivity index (χ4n) is 2.75. The van der Waals surface area contributed by atoms with E-state index in [1.807, 2.05) is 0 Å². The van der Waals surface area contributed by atoms with Crippen molar-refractivity contribution in [2.45, 2.75) is 32.1 Å². The highest BCUT2D eigenvalue weighted by atomic mass is 35.5. The lowest BCUT2D eigenvalue weighted by atomic mass is 9.75. The summed E-state index contributed by atoms with van der Waals surface area (Å²) in [4.78, 5) is 16.2. The predicted octanol–water partition coefficient (Wildman–Crippen LogP) is 3.01. The highest BCUT2D eigenvalue weighted by Gasteiger charge is 2.31. The summed E-state index contributed by atoms with van der Waals surface area (Å²) >= 11 is 6.14. The van der Waals surface area contributed by atoms with Gasteiger partial charge >= 0.3 is 0 Å². The number of aromatic nitrogens is 1. The van der Waals surface area contributed by atoms with Gasteiger partial charge in [-0.3, -0.25) is 9.78 Å². The van der Waals surface area contributed by atoms with Gasteiger partial charge in [0, 0.05) is 24.0 Å². The highest BCUT2D eigenvalue weighted by Crippen LogP contribution is 2.36. The molecule has 1 saturated carbocycles. The first-order valence-electron chi connectivity index (χ1n) is 7.03. The number of hydrogen-bond donors (Lipinski definition) is 1. The molecule has 4 nitrogen and oxygen atoms in total. The van der Waals surface area contributed by atoms with Gasteiger partial charge < -0.3 is 10.1 Å². The molecule has 1 amide bonds. The molecule has 0 bridgehead atoms. The second kappa shape index (κ2) is 6.93. The van der Waals surface area contributed by atoms with Crippen LogP contribution in [-0.2, 0) is 0 Å². The Kier molecular flexibility index (Phi) is 5.24. The van der Waals surface area contributed by atoms with E-state index in [-0.39, 0.29) is 11.3 Å². The summed E-state index contributed by atoms with van der Waals surface area (Å²) in [5.41, 5.74) is 0.568. The van der Waals surface area contributed by atoms with Crippen LogP contribution < -0.4 is 10.1 Å². The van der Waals surface area contributed by atoms with E-state index in [1.54, 1.807) is 18.5 Å². The molecule has 5 heteroatoms. The van der Waals surface area contributed by atoms with E-state index in [0.717, 1.165) is 12.8 Å². The van der Waals surface area contributed by atoms with Crippen LogP contribution in [0.4, 0.5) is 0 Å². The van der Waals surface area contributed by atoms with Crippen LogP contribution in [0, 0.1) is 5.41 Å². The molecule has 1 N–H and O–H groups in total. The minimum absolute atomic E-state index is 0.0513. The summed E-state index contributed by atoms with van der Waals surface area (Å²) in [5, 5.41) is 3.00. The van der Waals surface area contributed by atoms with Gasteiger partial charge in [-0.2, -0.15) is 0 Å². The number of alkyl halides is 1. The van der Waals surface area contributed by atoms with Crippen LogP contribution in [0.5, 0.6) is 5.75 Å². The standard InChI is InChI=1S/C15H21ClN2O2/c1-20-13-9-17-8-5-12(13)14(19)18-11-15(10-16)6-3-2-4-7-15/h5,8-9H,2-4,6-7,10-11H2,1H3,(H,18,19). The Morgan fingerprint density at radius 1 is 1.45 bits per heavy atom. The number of rotatable bonds is 5. The maximum Gasteiger partial charge on any atom is 0.255 e. The van der Waals surface area contributed by atoms with Crippen molar-refractivity contribution in [2.75, 3.05) is 19.5 Å². The van der Waals surface area contributed by atoms with Gasteiger partial charge in [-0.05, 0) is 18.9 Å². The molecule has 0 aromatic carbocycles. The minimum Gasteiger partial charge on any atom is -0.494 e. The lowest BCUT2D eigenvalue weighted by molar-refractivity contribution is 0.0917. The number of ether oxygens (including phenoxy) is 1. The fourth-order valence-corrected chi connectivity index (χ4v) is 3.11. The number of carbonyl (C=O) groups is 1. The molecule has 110 valence electrons. The van der Waals surface area contributed by atoms with Gasteiger partial charge in [0.1, 0.15) is 5.75 Å². The van der Waals surface area contributed by atoms with Crippen LogP contribution in [0.3, 0.4) is 0 Å². The van der Waals surface area contributed by atoms with E-state index in [0.29, 0.717) is 23.7 Å². The van der Waals surface area contributed by atoms with Crippen molar-refractivity contribution in [3.05, 3.63) is 24.0 Å². The number of halogens is 1. The first kappa shape index (κ1) is 15.1. The van der Waals surface area contributed by atoms with E-state index in [1.165, 1.54) is 26.4 Å². The summed E-state index contributed by atoms with van der Waals surface area (Å²) in [6.45, 7) is 0.626. The monoisotopic (exact) mass is 296 g/mol. The number of nitrogens with one attached hydrogen (secondary N) is 1. The summed E-state index contributed by atoms with van der Waals surface area (Å²) in [6.07, 6.45) is 8.98. The highest BCUT2D eigenvalue weighted by molar-refractivity contribution is 6.18. The molecule has 0 radical (unpaired) electrons. The van der Waals surface area contributed by atoms with Crippen LogP contribution in [0.25, 0.3) is 0 Å². The maximum atomic E-state index is 12.3. The second-order valence-electron chi connectivity index (χ2n) is 5.45. The molecule has 0 atom stereocenters. The zero-order valence-corrected chi connectivity index (χ0v) is 12.6. The Labute approximate surface area is 124 Å². The Morgan fingerprint density at radius 3 is 2.85 bits per heavy atom. The summed E-state index contributed by atoms with van der Waals surface area (Å²) in [5.74, 6) is 0.966. The third kappa shape index (κ3) is 3.42. The van der Waals surface area contributed by atoms with E-state index in [2.05, 4.69) is 10.3 Å². The van der Waals surface area contributed by atoms with Gasteiger partial charge in [0.2, 0.25) is 0 Å². The molecular formula is C15H21ClN2O2. The number of methoxy groups -OCH3 is 1. The predicted molar refractivity (Wildman–Crippen MR) is 79.4 cm³/mol. The molecule has 1 fully saturated rings. The quantitative estimate of drug-likeness (QED) is 0.850.